The van der Waals surface area contributed by atoms with Gasteiger partial charge in [0, 0.05) is 25.1 Å². The van der Waals surface area contributed by atoms with Crippen molar-refractivity contribution < 1.29 is 18.7 Å². The summed E-state index contributed by atoms with van der Waals surface area (Å²) in [4.78, 5) is 24.5. The smallest absolute Gasteiger partial charge is 0.255 e. The van der Waals surface area contributed by atoms with Crippen molar-refractivity contribution >= 4 is 17.9 Å². The molecule has 2 rings (SSSR count). The minimum atomic E-state index is -0.970. The molecule has 1 aromatic carbocycles. The first kappa shape index (κ1) is 17.9. The number of carbonyl (C=O) groups is 2. The number of nitrogens with zero attached hydrogens (tertiary/aromatic N) is 1. The first-order valence-electron chi connectivity index (χ1n) is 7.78. The number of benzene rings is 1. The molecule has 0 bridgehead atoms. The number of rotatable bonds is 7. The van der Waals surface area contributed by atoms with Crippen LogP contribution < -0.4 is 15.8 Å². The Labute approximate surface area is 140 Å². The highest BCUT2D eigenvalue weighted by atomic mass is 19.1. The average molecular weight is 335 g/mol. The van der Waals surface area contributed by atoms with Crippen LogP contribution in [-0.2, 0) is 9.59 Å². The predicted molar refractivity (Wildman–Crippen MR) is 89.1 cm³/mol. The molecule has 6 nitrogen and oxygen atoms in total. The van der Waals surface area contributed by atoms with Crippen molar-refractivity contribution in [1.82, 2.24) is 10.2 Å². The highest BCUT2D eigenvalue weighted by Crippen LogP contribution is 2.21. The van der Waals surface area contributed by atoms with Gasteiger partial charge < -0.3 is 20.7 Å². The van der Waals surface area contributed by atoms with Gasteiger partial charge in [-0.1, -0.05) is 12.1 Å². The largest absolute Gasteiger partial charge is 0.484 e. The molecule has 1 fully saturated rings. The minimum absolute atomic E-state index is 0.119. The molecule has 2 amide bonds. The van der Waals surface area contributed by atoms with Crippen molar-refractivity contribution in [2.45, 2.75) is 18.6 Å². The molecule has 0 aliphatic carbocycles. The molecule has 7 heteroatoms. The highest BCUT2D eigenvalue weighted by molar-refractivity contribution is 5.92. The number of nitrogens with two attached hydrogens (primary N) is 1. The van der Waals surface area contributed by atoms with Crippen LogP contribution in [-0.4, -0.2) is 55.7 Å². The fourth-order valence-corrected chi connectivity index (χ4v) is 2.65. The molecule has 0 radical (unpaired) electrons. The van der Waals surface area contributed by atoms with Crippen LogP contribution in [0.1, 0.15) is 12.0 Å². The van der Waals surface area contributed by atoms with Gasteiger partial charge in [-0.25, -0.2) is 4.39 Å². The molecule has 1 heterocycles. The molecule has 0 spiro atoms. The maximum absolute atomic E-state index is 13.6. The van der Waals surface area contributed by atoms with Gasteiger partial charge in [-0.15, -0.1) is 0 Å². The fraction of sp³-hybridized carbons (Fsp3) is 0.412. The second-order valence-electron chi connectivity index (χ2n) is 5.69. The van der Waals surface area contributed by atoms with Crippen molar-refractivity contribution in [2.75, 3.05) is 26.7 Å². The van der Waals surface area contributed by atoms with Gasteiger partial charge in [0.1, 0.15) is 11.9 Å². The van der Waals surface area contributed by atoms with Crippen LogP contribution in [0.5, 0.6) is 5.75 Å². The number of likely N-dealkylation sites (tertiary alicyclic amines) is 1. The van der Waals surface area contributed by atoms with Gasteiger partial charge in [-0.3, -0.25) is 9.59 Å². The Bertz CT molecular complexity index is 604. The summed E-state index contributed by atoms with van der Waals surface area (Å²) >= 11 is 0. The number of carbonyl (C=O) groups excluding carboxylic acids is 2. The van der Waals surface area contributed by atoms with Crippen LogP contribution in [0.2, 0.25) is 0 Å². The Morgan fingerprint density at radius 1 is 1.42 bits per heavy atom. The van der Waals surface area contributed by atoms with Crippen LogP contribution in [0.4, 0.5) is 4.39 Å². The Morgan fingerprint density at radius 3 is 2.75 bits per heavy atom. The fourth-order valence-electron chi connectivity index (χ4n) is 2.65. The Kier molecular flexibility index (Phi) is 6.31. The lowest BCUT2D eigenvalue weighted by Crippen LogP contribution is -2.40. The van der Waals surface area contributed by atoms with Gasteiger partial charge in [0.25, 0.3) is 5.91 Å². The monoisotopic (exact) mass is 335 g/mol. The van der Waals surface area contributed by atoms with Crippen molar-refractivity contribution in [2.24, 2.45) is 5.73 Å². The summed E-state index contributed by atoms with van der Waals surface area (Å²) in [6.45, 7) is 0.529. The second-order valence-corrected chi connectivity index (χ2v) is 5.69. The molecule has 3 N–H and O–H groups in total. The van der Waals surface area contributed by atoms with Gasteiger partial charge in [-0.05, 0) is 30.8 Å². The number of nitrogens with one attached hydrogen (secondary N) is 1. The van der Waals surface area contributed by atoms with E-state index in [1.54, 1.807) is 42.3 Å². The van der Waals surface area contributed by atoms with Crippen molar-refractivity contribution in [3.05, 3.63) is 35.9 Å². The number of ether oxygens (including phenoxy) is 1. The average Bonchev–Trinajstić information content (AvgIpc) is 2.92. The molecule has 130 valence electrons. The maximum Gasteiger partial charge on any atom is 0.255 e. The third-order valence-electron chi connectivity index (χ3n) is 3.77. The highest BCUT2D eigenvalue weighted by Gasteiger charge is 2.33. The summed E-state index contributed by atoms with van der Waals surface area (Å²) in [6.07, 6.45) is 2.51. The third-order valence-corrected chi connectivity index (χ3v) is 3.77. The summed E-state index contributed by atoms with van der Waals surface area (Å²) < 4.78 is 18.7. The molecule has 1 aromatic rings. The number of likely N-dealkylation sites (N-methyl/N-ethyl adjacent to an activating group) is 1. The maximum atomic E-state index is 13.6. The molecular weight excluding hydrogens is 313 g/mol. The number of alkyl halides is 1. The standard InChI is InChI=1S/C17H22FN3O3/c1-20-9-14-8-13(18)10-21(14)17(23)7-4-12-2-5-15(6-3-12)24-11-16(19)22/h2-7,13-14,20H,8-11H2,1H3,(H2,19,22)/t13-,14-/m0/s1. The zero-order chi connectivity index (χ0) is 17.5. The van der Waals surface area contributed by atoms with E-state index in [1.165, 1.54) is 6.08 Å². The second kappa shape index (κ2) is 8.44. The zero-order valence-corrected chi connectivity index (χ0v) is 13.6. The Hall–Kier alpha value is -2.41. The predicted octanol–water partition coefficient (Wildman–Crippen LogP) is 0.722. The summed E-state index contributed by atoms with van der Waals surface area (Å²) in [5.41, 5.74) is 5.81. The lowest BCUT2D eigenvalue weighted by molar-refractivity contribution is -0.126. The first-order valence-corrected chi connectivity index (χ1v) is 7.78. The molecule has 1 saturated heterocycles. The van der Waals surface area contributed by atoms with E-state index in [4.69, 9.17) is 10.5 Å². The van der Waals surface area contributed by atoms with E-state index in [2.05, 4.69) is 5.32 Å². The number of hydrogen-bond donors (Lipinski definition) is 2. The molecular formula is C17H22FN3O3. The molecule has 0 saturated carbocycles. The van der Waals surface area contributed by atoms with E-state index < -0.39 is 12.1 Å². The molecule has 24 heavy (non-hydrogen) atoms. The number of primary amides is 1. The number of amides is 2. The van der Waals surface area contributed by atoms with Crippen LogP contribution in [0.25, 0.3) is 6.08 Å². The third kappa shape index (κ3) is 5.06. The van der Waals surface area contributed by atoms with Gasteiger partial charge in [0.2, 0.25) is 5.91 Å². The summed E-state index contributed by atoms with van der Waals surface area (Å²) in [7, 11) is 1.78. The lowest BCUT2D eigenvalue weighted by Gasteiger charge is -2.22. The van der Waals surface area contributed by atoms with Crippen LogP contribution in [0.15, 0.2) is 30.3 Å². The molecule has 2 atom stereocenters. The molecule has 0 aromatic heterocycles. The van der Waals surface area contributed by atoms with E-state index in [1.807, 2.05) is 0 Å². The number of hydrogen-bond acceptors (Lipinski definition) is 4. The number of halogens is 1. The zero-order valence-electron chi connectivity index (χ0n) is 13.6. The van der Waals surface area contributed by atoms with E-state index >= 15 is 0 Å². The van der Waals surface area contributed by atoms with Crippen molar-refractivity contribution in [1.29, 1.82) is 0 Å². The van der Waals surface area contributed by atoms with Crippen molar-refractivity contribution in [3.63, 3.8) is 0 Å². The van der Waals surface area contributed by atoms with Crippen LogP contribution in [0, 0.1) is 0 Å². The Morgan fingerprint density at radius 2 is 2.12 bits per heavy atom. The van der Waals surface area contributed by atoms with E-state index in [0.717, 1.165) is 5.56 Å². The normalized spacial score (nSPS) is 20.5. The molecule has 1 aliphatic heterocycles. The Balaban J connectivity index is 1.94. The van der Waals surface area contributed by atoms with Gasteiger partial charge in [0.15, 0.2) is 6.61 Å². The lowest BCUT2D eigenvalue weighted by atomic mass is 10.2. The first-order chi connectivity index (χ1) is 11.5. The summed E-state index contributed by atoms with van der Waals surface area (Å²) in [5, 5.41) is 2.98. The van der Waals surface area contributed by atoms with E-state index in [-0.39, 0.29) is 25.1 Å². The quantitative estimate of drug-likeness (QED) is 0.719. The van der Waals surface area contributed by atoms with Crippen molar-refractivity contribution in [3.8, 4) is 5.75 Å². The van der Waals surface area contributed by atoms with E-state index in [0.29, 0.717) is 18.7 Å². The van der Waals surface area contributed by atoms with E-state index in [9.17, 15) is 14.0 Å². The summed E-state index contributed by atoms with van der Waals surface area (Å²) in [6, 6.07) is 6.77. The van der Waals surface area contributed by atoms with Gasteiger partial charge in [0.05, 0.1) is 6.54 Å². The van der Waals surface area contributed by atoms with Gasteiger partial charge in [-0.2, -0.15) is 0 Å². The van der Waals surface area contributed by atoms with Crippen LogP contribution >= 0.6 is 0 Å². The van der Waals surface area contributed by atoms with Crippen LogP contribution in [0.3, 0.4) is 0 Å². The minimum Gasteiger partial charge on any atom is -0.484 e. The molecule has 1 aliphatic rings. The van der Waals surface area contributed by atoms with Gasteiger partial charge >= 0.3 is 0 Å². The summed E-state index contributed by atoms with van der Waals surface area (Å²) in [5.74, 6) is -0.229. The SMILES string of the molecule is CNC[C@@H]1C[C@H](F)CN1C(=O)C=Cc1ccc(OCC(N)=O)cc1. The topological polar surface area (TPSA) is 84.7 Å². The molecule has 0 unspecified atom stereocenters.